The van der Waals surface area contributed by atoms with Crippen LogP contribution in [0.25, 0.3) is 22.6 Å². The summed E-state index contributed by atoms with van der Waals surface area (Å²) < 4.78 is 4.92. The average molecular weight is 558 g/mol. The summed E-state index contributed by atoms with van der Waals surface area (Å²) in [5, 5.41) is 0. The standard InChI is InChI=1S/C16H11N2.C9H7O.Pt/c1-2-7-13(8-3-1)14-10-6-11-16(18-14)15-9-4-5-12-17-15;1-3-8-4-6-9(10-2)7-5-8;/h1-7,9-12H;4-7H,2H3;/q2*-1;+2. The number of benzene rings is 2. The average Bonchev–Trinajstić information content (AvgIpc) is 2.81. The third-order valence-electron chi connectivity index (χ3n) is 3.90. The van der Waals surface area contributed by atoms with Crippen LogP contribution in [0.15, 0.2) is 91.1 Å². The molecule has 0 fully saturated rings. The fourth-order valence-corrected chi connectivity index (χ4v) is 2.47. The third-order valence-corrected chi connectivity index (χ3v) is 3.90. The monoisotopic (exact) mass is 557 g/mol. The number of aromatic nitrogens is 2. The molecule has 0 aliphatic rings. The molecule has 29 heavy (non-hydrogen) atoms. The van der Waals surface area contributed by atoms with E-state index in [1.54, 1.807) is 37.6 Å². The number of rotatable bonds is 3. The van der Waals surface area contributed by atoms with Crippen LogP contribution in [0.5, 0.6) is 5.75 Å². The number of hydrogen-bond donors (Lipinski definition) is 0. The molecule has 4 rings (SSSR count). The van der Waals surface area contributed by atoms with Crippen molar-refractivity contribution in [3.8, 4) is 34.3 Å². The van der Waals surface area contributed by atoms with E-state index in [9.17, 15) is 0 Å². The number of methoxy groups -OCH3 is 1. The Kier molecular flexibility index (Phi) is 8.83. The van der Waals surface area contributed by atoms with Crippen LogP contribution in [0.1, 0.15) is 5.56 Å². The topological polar surface area (TPSA) is 35.0 Å². The summed E-state index contributed by atoms with van der Waals surface area (Å²) in [5.41, 5.74) is 4.44. The molecule has 2 aromatic carbocycles. The zero-order valence-electron chi connectivity index (χ0n) is 15.8. The second-order valence-corrected chi connectivity index (χ2v) is 5.75. The number of pyridine rings is 2. The van der Waals surface area contributed by atoms with Crippen LogP contribution < -0.4 is 4.74 Å². The van der Waals surface area contributed by atoms with Gasteiger partial charge in [-0.2, -0.15) is 0 Å². The van der Waals surface area contributed by atoms with Gasteiger partial charge in [-0.25, -0.2) is 0 Å². The second kappa shape index (κ2) is 11.6. The van der Waals surface area contributed by atoms with Crippen molar-refractivity contribution in [2.45, 2.75) is 0 Å². The van der Waals surface area contributed by atoms with E-state index in [0.717, 1.165) is 34.0 Å². The Morgan fingerprint density at radius 1 is 0.828 bits per heavy atom. The van der Waals surface area contributed by atoms with Crippen molar-refractivity contribution in [2.75, 3.05) is 7.11 Å². The first kappa shape index (κ1) is 22.1. The molecule has 0 saturated carbocycles. The van der Waals surface area contributed by atoms with Gasteiger partial charge in [0.25, 0.3) is 0 Å². The molecule has 0 bridgehead atoms. The van der Waals surface area contributed by atoms with Crippen molar-refractivity contribution < 1.29 is 25.8 Å². The van der Waals surface area contributed by atoms with Crippen LogP contribution in [0.3, 0.4) is 0 Å². The largest absolute Gasteiger partial charge is 2.00 e. The maximum Gasteiger partial charge on any atom is 2.00 e. The van der Waals surface area contributed by atoms with E-state index in [4.69, 9.17) is 11.2 Å². The first-order valence-corrected chi connectivity index (χ1v) is 8.72. The fraction of sp³-hybridized carbons (Fsp3) is 0.0400. The summed E-state index contributed by atoms with van der Waals surface area (Å²) in [7, 11) is 1.61. The minimum Gasteiger partial charge on any atom is -0.497 e. The molecule has 0 N–H and O–H groups in total. The smallest absolute Gasteiger partial charge is 0.497 e. The second-order valence-electron chi connectivity index (χ2n) is 5.75. The van der Waals surface area contributed by atoms with Crippen LogP contribution in [-0.2, 0) is 21.1 Å². The maximum atomic E-state index is 6.78. The van der Waals surface area contributed by atoms with Crippen molar-refractivity contribution in [1.82, 2.24) is 9.97 Å². The van der Waals surface area contributed by atoms with Gasteiger partial charge in [0.2, 0.25) is 0 Å². The van der Waals surface area contributed by atoms with Crippen molar-refractivity contribution >= 4 is 0 Å². The maximum absolute atomic E-state index is 6.78. The molecule has 0 radical (unpaired) electrons. The van der Waals surface area contributed by atoms with Crippen molar-refractivity contribution in [1.29, 1.82) is 0 Å². The molecule has 0 amide bonds. The number of hydrogen-bond acceptors (Lipinski definition) is 3. The van der Waals surface area contributed by atoms with E-state index in [1.165, 1.54) is 0 Å². The van der Waals surface area contributed by atoms with E-state index >= 15 is 0 Å². The molecular weight excluding hydrogens is 539 g/mol. The summed E-state index contributed by atoms with van der Waals surface area (Å²) in [6.07, 6.45) is 8.56. The Bertz CT molecular complexity index is 989. The molecule has 0 aliphatic heterocycles. The molecule has 0 saturated heterocycles. The predicted molar refractivity (Wildman–Crippen MR) is 111 cm³/mol. The molecule has 144 valence electrons. The van der Waals surface area contributed by atoms with Gasteiger partial charge in [-0.3, -0.25) is 15.9 Å². The summed E-state index contributed by atoms with van der Waals surface area (Å²) >= 11 is 0. The Labute approximate surface area is 186 Å². The van der Waals surface area contributed by atoms with Gasteiger partial charge < -0.3 is 11.2 Å². The first-order chi connectivity index (χ1) is 13.8. The summed E-state index contributed by atoms with van der Waals surface area (Å²) in [5.74, 6) is 3.08. The zero-order valence-corrected chi connectivity index (χ0v) is 18.1. The van der Waals surface area contributed by atoms with Gasteiger partial charge in [-0.1, -0.05) is 18.2 Å². The molecule has 0 aliphatic carbocycles. The molecular formula is C25H18N2OPt. The van der Waals surface area contributed by atoms with Gasteiger partial charge in [0.15, 0.2) is 0 Å². The van der Waals surface area contributed by atoms with Gasteiger partial charge >= 0.3 is 21.1 Å². The number of ether oxygens (including phenoxy) is 1. The molecule has 4 aromatic rings. The third kappa shape index (κ3) is 6.42. The van der Waals surface area contributed by atoms with Gasteiger partial charge in [0.05, 0.1) is 18.5 Å². The Hall–Kier alpha value is -3.21. The normalized spacial score (nSPS) is 9.24. The van der Waals surface area contributed by atoms with Crippen molar-refractivity contribution in [2.24, 2.45) is 0 Å². The fourth-order valence-electron chi connectivity index (χ4n) is 2.47. The van der Waals surface area contributed by atoms with Gasteiger partial charge in [-0.15, -0.1) is 53.6 Å². The Morgan fingerprint density at radius 2 is 1.55 bits per heavy atom. The van der Waals surface area contributed by atoms with Crippen LogP contribution in [-0.4, -0.2) is 17.1 Å². The Balaban J connectivity index is 0.000000234. The molecule has 4 heteroatoms. The van der Waals surface area contributed by atoms with E-state index in [1.807, 2.05) is 60.7 Å². The summed E-state index contributed by atoms with van der Waals surface area (Å²) in [4.78, 5) is 8.93. The first-order valence-electron chi connectivity index (χ1n) is 8.72. The van der Waals surface area contributed by atoms with Crippen LogP contribution in [0.2, 0.25) is 0 Å². The SMILES string of the molecule is [C-]#Cc1ccc(OC)cc1.[Pt+2].[c-]1ccccc1-c1cccc(-c2ccccn2)n1. The Morgan fingerprint density at radius 3 is 2.17 bits per heavy atom. The molecule has 2 heterocycles. The van der Waals surface area contributed by atoms with Gasteiger partial charge in [-0.05, 0) is 36.0 Å². The number of nitrogens with zero attached hydrogens (tertiary/aromatic N) is 2. The minimum atomic E-state index is 0. The molecule has 2 aromatic heterocycles. The molecule has 0 atom stereocenters. The van der Waals surface area contributed by atoms with Crippen molar-refractivity contribution in [3.05, 3.63) is 109 Å². The van der Waals surface area contributed by atoms with E-state index in [2.05, 4.69) is 22.0 Å². The molecule has 3 nitrogen and oxygen atoms in total. The van der Waals surface area contributed by atoms with Crippen LogP contribution in [0.4, 0.5) is 0 Å². The van der Waals surface area contributed by atoms with E-state index < -0.39 is 0 Å². The molecule has 0 unspecified atom stereocenters. The minimum absolute atomic E-state index is 0. The van der Waals surface area contributed by atoms with E-state index in [-0.39, 0.29) is 21.1 Å². The van der Waals surface area contributed by atoms with Crippen LogP contribution in [0, 0.1) is 18.4 Å². The van der Waals surface area contributed by atoms with Crippen molar-refractivity contribution in [3.63, 3.8) is 0 Å². The van der Waals surface area contributed by atoms with Gasteiger partial charge in [0, 0.05) is 6.20 Å². The summed E-state index contributed by atoms with van der Waals surface area (Å²) in [6, 6.07) is 30.0. The quantitative estimate of drug-likeness (QED) is 0.255. The zero-order chi connectivity index (χ0) is 19.6. The molecule has 0 spiro atoms. The van der Waals surface area contributed by atoms with Crippen LogP contribution >= 0.6 is 0 Å². The van der Waals surface area contributed by atoms with Gasteiger partial charge in [0.1, 0.15) is 5.75 Å². The predicted octanol–water partition coefficient (Wildman–Crippen LogP) is 5.24. The summed E-state index contributed by atoms with van der Waals surface area (Å²) in [6.45, 7) is 0. The van der Waals surface area contributed by atoms with E-state index in [0.29, 0.717) is 0 Å².